The minimum atomic E-state index is -0.415. The van der Waals surface area contributed by atoms with Crippen LogP contribution >= 0.6 is 0 Å². The molecule has 0 fully saturated rings. The number of hydrogen-bond donors (Lipinski definition) is 1. The van der Waals surface area contributed by atoms with Gasteiger partial charge in [-0.05, 0) is 13.8 Å². The lowest BCUT2D eigenvalue weighted by molar-refractivity contribution is -0.165. The fourth-order valence-electron chi connectivity index (χ4n) is 1.07. The summed E-state index contributed by atoms with van der Waals surface area (Å²) >= 11 is 0. The van der Waals surface area contributed by atoms with Crippen molar-refractivity contribution in [2.24, 2.45) is 0 Å². The van der Waals surface area contributed by atoms with E-state index in [4.69, 9.17) is 14.6 Å². The quantitative estimate of drug-likeness (QED) is 0.717. The Balaban J connectivity index is 2.55. The van der Waals surface area contributed by atoms with Crippen LogP contribution in [0.4, 0.5) is 0 Å². The van der Waals surface area contributed by atoms with Gasteiger partial charge in [-0.1, -0.05) is 18.7 Å². The van der Waals surface area contributed by atoms with Crippen molar-refractivity contribution in [3.8, 4) is 0 Å². The molecule has 1 aliphatic heterocycles. The molecule has 3 heteroatoms. The molecule has 0 saturated heterocycles. The highest BCUT2D eigenvalue weighted by atomic mass is 16.7. The zero-order valence-corrected chi connectivity index (χ0v) is 8.06. The summed E-state index contributed by atoms with van der Waals surface area (Å²) in [5, 5.41) is 8.87. The van der Waals surface area contributed by atoms with Crippen LogP contribution in [-0.4, -0.2) is 30.2 Å². The molecule has 74 valence electrons. The number of hydrogen-bond acceptors (Lipinski definition) is 3. The van der Waals surface area contributed by atoms with Gasteiger partial charge < -0.3 is 14.6 Å². The summed E-state index contributed by atoms with van der Waals surface area (Å²) < 4.78 is 10.9. The summed E-state index contributed by atoms with van der Waals surface area (Å²) in [6, 6.07) is 0. The van der Waals surface area contributed by atoms with Gasteiger partial charge in [0.05, 0.1) is 12.7 Å². The van der Waals surface area contributed by atoms with Gasteiger partial charge >= 0.3 is 0 Å². The third-order valence-corrected chi connectivity index (χ3v) is 1.70. The lowest BCUT2D eigenvalue weighted by Gasteiger charge is -2.27. The van der Waals surface area contributed by atoms with Crippen molar-refractivity contribution < 1.29 is 14.6 Å². The summed E-state index contributed by atoms with van der Waals surface area (Å²) in [4.78, 5) is 0. The van der Waals surface area contributed by atoms with Gasteiger partial charge in [0.1, 0.15) is 6.10 Å². The van der Waals surface area contributed by atoms with Gasteiger partial charge in [-0.3, -0.25) is 0 Å². The van der Waals surface area contributed by atoms with E-state index in [1.165, 1.54) is 0 Å². The monoisotopic (exact) mass is 184 g/mol. The highest BCUT2D eigenvalue weighted by Crippen LogP contribution is 2.18. The average molecular weight is 184 g/mol. The minimum Gasteiger partial charge on any atom is -0.393 e. The summed E-state index contributed by atoms with van der Waals surface area (Å²) in [5.74, 6) is 0. The molecular weight excluding hydrogens is 168 g/mol. The molecule has 1 aliphatic rings. The number of aliphatic hydroxyl groups excluding tert-OH is 1. The predicted molar refractivity (Wildman–Crippen MR) is 50.2 cm³/mol. The Morgan fingerprint density at radius 3 is 2.92 bits per heavy atom. The van der Waals surface area contributed by atoms with Crippen LogP contribution in [0.1, 0.15) is 13.8 Å². The first-order valence-corrected chi connectivity index (χ1v) is 4.42. The third-order valence-electron chi connectivity index (χ3n) is 1.70. The van der Waals surface area contributed by atoms with Gasteiger partial charge in [-0.25, -0.2) is 0 Å². The second kappa shape index (κ2) is 4.56. The molecule has 0 spiro atoms. The molecule has 0 aromatic rings. The fourth-order valence-corrected chi connectivity index (χ4v) is 1.07. The zero-order valence-electron chi connectivity index (χ0n) is 8.06. The first-order chi connectivity index (χ1) is 6.13. The van der Waals surface area contributed by atoms with Crippen LogP contribution in [0.5, 0.6) is 0 Å². The van der Waals surface area contributed by atoms with Crippen molar-refractivity contribution in [1.82, 2.24) is 0 Å². The molecule has 0 aromatic heterocycles. The summed E-state index contributed by atoms with van der Waals surface area (Å²) in [6.45, 7) is 7.64. The van der Waals surface area contributed by atoms with E-state index in [2.05, 4.69) is 6.58 Å². The van der Waals surface area contributed by atoms with Gasteiger partial charge in [0.2, 0.25) is 0 Å². The van der Waals surface area contributed by atoms with Crippen molar-refractivity contribution in [3.05, 3.63) is 24.3 Å². The van der Waals surface area contributed by atoms with Crippen LogP contribution in [0.25, 0.3) is 0 Å². The predicted octanol–water partition coefficient (Wildman–Crippen LogP) is 1.24. The molecule has 0 unspecified atom stereocenters. The van der Waals surface area contributed by atoms with Crippen molar-refractivity contribution in [3.63, 3.8) is 0 Å². The molecular formula is C10H16O3. The molecule has 0 saturated carbocycles. The molecule has 1 rings (SSSR count). The molecule has 0 aromatic carbocycles. The molecule has 3 nitrogen and oxygen atoms in total. The molecule has 1 N–H and O–H groups in total. The average Bonchev–Trinajstić information content (AvgIpc) is 2.08. The standard InChI is InChI=1S/C10H16O3/c1-7(2)12-10-8(3)4-5-9(6-11)13-10/h4-5,7,9-11H,3,6H2,1-2H3/t9-,10-/m0/s1. The zero-order chi connectivity index (χ0) is 9.84. The van der Waals surface area contributed by atoms with E-state index in [0.29, 0.717) is 0 Å². The van der Waals surface area contributed by atoms with Gasteiger partial charge in [0.25, 0.3) is 0 Å². The molecule has 13 heavy (non-hydrogen) atoms. The first-order valence-electron chi connectivity index (χ1n) is 4.42. The molecule has 0 aliphatic carbocycles. The Labute approximate surface area is 78.7 Å². The Morgan fingerprint density at radius 1 is 1.69 bits per heavy atom. The molecule has 1 heterocycles. The van der Waals surface area contributed by atoms with E-state index in [-0.39, 0.29) is 18.8 Å². The van der Waals surface area contributed by atoms with Gasteiger partial charge in [-0.2, -0.15) is 0 Å². The maximum absolute atomic E-state index is 8.87. The van der Waals surface area contributed by atoms with E-state index in [0.717, 1.165) is 5.57 Å². The Hall–Kier alpha value is -0.640. The lowest BCUT2D eigenvalue weighted by Crippen LogP contribution is -2.31. The maximum atomic E-state index is 8.87. The van der Waals surface area contributed by atoms with Crippen LogP contribution < -0.4 is 0 Å². The smallest absolute Gasteiger partial charge is 0.184 e. The molecule has 0 radical (unpaired) electrons. The Kier molecular flexibility index (Phi) is 3.66. The van der Waals surface area contributed by atoms with Crippen molar-refractivity contribution in [2.45, 2.75) is 32.3 Å². The second-order valence-electron chi connectivity index (χ2n) is 3.31. The lowest BCUT2D eigenvalue weighted by atomic mass is 10.2. The van der Waals surface area contributed by atoms with Crippen LogP contribution in [0.15, 0.2) is 24.3 Å². The molecule has 0 amide bonds. The van der Waals surface area contributed by atoms with Crippen LogP contribution in [0.2, 0.25) is 0 Å². The highest BCUT2D eigenvalue weighted by Gasteiger charge is 2.21. The highest BCUT2D eigenvalue weighted by molar-refractivity contribution is 5.21. The largest absolute Gasteiger partial charge is 0.393 e. The summed E-state index contributed by atoms with van der Waals surface area (Å²) in [6.07, 6.45) is 3.02. The summed E-state index contributed by atoms with van der Waals surface area (Å²) in [5.41, 5.74) is 0.790. The first kappa shape index (κ1) is 10.4. The van der Waals surface area contributed by atoms with Gasteiger partial charge in [0, 0.05) is 5.57 Å². The van der Waals surface area contributed by atoms with Gasteiger partial charge in [-0.15, -0.1) is 0 Å². The van der Waals surface area contributed by atoms with E-state index in [1.54, 1.807) is 6.08 Å². The van der Waals surface area contributed by atoms with Crippen molar-refractivity contribution in [2.75, 3.05) is 6.61 Å². The molecule has 0 bridgehead atoms. The van der Waals surface area contributed by atoms with E-state index in [1.807, 2.05) is 19.9 Å². The number of rotatable bonds is 3. The fraction of sp³-hybridized carbons (Fsp3) is 0.600. The van der Waals surface area contributed by atoms with Crippen molar-refractivity contribution in [1.29, 1.82) is 0 Å². The van der Waals surface area contributed by atoms with Crippen LogP contribution in [0.3, 0.4) is 0 Å². The van der Waals surface area contributed by atoms with Crippen LogP contribution in [0, 0.1) is 0 Å². The Bertz CT molecular complexity index is 208. The second-order valence-corrected chi connectivity index (χ2v) is 3.31. The molecule has 2 atom stereocenters. The normalized spacial score (nSPS) is 28.5. The summed E-state index contributed by atoms with van der Waals surface area (Å²) in [7, 11) is 0. The maximum Gasteiger partial charge on any atom is 0.184 e. The van der Waals surface area contributed by atoms with Crippen molar-refractivity contribution >= 4 is 0 Å². The topological polar surface area (TPSA) is 38.7 Å². The van der Waals surface area contributed by atoms with Crippen LogP contribution in [-0.2, 0) is 9.47 Å². The van der Waals surface area contributed by atoms with E-state index in [9.17, 15) is 0 Å². The van der Waals surface area contributed by atoms with E-state index < -0.39 is 6.29 Å². The van der Waals surface area contributed by atoms with Gasteiger partial charge in [0.15, 0.2) is 6.29 Å². The van der Waals surface area contributed by atoms with E-state index >= 15 is 0 Å². The number of aliphatic hydroxyl groups is 1. The third kappa shape index (κ3) is 2.95. The SMILES string of the molecule is C=C1C=C[C@@H](CO)O[C@@H]1OC(C)C. The Morgan fingerprint density at radius 2 is 2.38 bits per heavy atom. The minimum absolute atomic E-state index is 0.0261. The number of ether oxygens (including phenoxy) is 2.